The topological polar surface area (TPSA) is 58.6 Å². The Bertz CT molecular complexity index is 554. The molecule has 0 aromatic rings. The summed E-state index contributed by atoms with van der Waals surface area (Å²) in [6.45, 7) is 7.86. The van der Waals surface area contributed by atoms with E-state index in [1.807, 2.05) is 13.8 Å². The van der Waals surface area contributed by atoms with Crippen molar-refractivity contribution in [2.24, 2.45) is 11.3 Å². The van der Waals surface area contributed by atoms with Crippen molar-refractivity contribution in [1.29, 1.82) is 0 Å². The van der Waals surface area contributed by atoms with Crippen LogP contribution >= 0.6 is 11.6 Å². The molecule has 2 fully saturated rings. The van der Waals surface area contributed by atoms with Crippen molar-refractivity contribution in [3.63, 3.8) is 0 Å². The number of fused-ring (bicyclic) bond motifs is 1. The molecule has 2 heterocycles. The summed E-state index contributed by atoms with van der Waals surface area (Å²) in [7, 11) is 0. The lowest BCUT2D eigenvalue weighted by Gasteiger charge is -2.60. The highest BCUT2D eigenvalue weighted by Gasteiger charge is 2.76. The maximum atomic E-state index is 12.5. The smallest absolute Gasteiger partial charge is 0.228 e. The fraction of sp³-hybridized carbons (Fsp3) is 0.706. The number of hydrogen-bond acceptors (Lipinski definition) is 3. The van der Waals surface area contributed by atoms with E-state index in [2.05, 4.69) is 24.0 Å². The van der Waals surface area contributed by atoms with E-state index in [4.69, 9.17) is 16.3 Å². The Hall–Kier alpha value is -1.00. The van der Waals surface area contributed by atoms with Crippen molar-refractivity contribution < 1.29 is 16.1 Å². The summed E-state index contributed by atoms with van der Waals surface area (Å²) in [5, 5.41) is 14.2. The Morgan fingerprint density at radius 2 is 2.36 bits per heavy atom. The Kier molecular flexibility index (Phi) is 3.61. The van der Waals surface area contributed by atoms with Gasteiger partial charge in [-0.2, -0.15) is 0 Å². The van der Waals surface area contributed by atoms with Gasteiger partial charge in [0, 0.05) is 12.7 Å². The Morgan fingerprint density at radius 1 is 1.64 bits per heavy atom. The predicted molar refractivity (Wildman–Crippen MR) is 87.5 cm³/mol. The first-order chi connectivity index (χ1) is 10.3. The molecule has 22 heavy (non-hydrogen) atoms. The lowest BCUT2D eigenvalue weighted by atomic mass is 9.59. The van der Waals surface area contributed by atoms with Crippen LogP contribution in [0.3, 0.4) is 0 Å². The molecule has 0 unspecified atom stereocenters. The predicted octanol–water partition coefficient (Wildman–Crippen LogP) is 2.76. The van der Waals surface area contributed by atoms with Gasteiger partial charge < -0.3 is 15.2 Å². The SMILES string of the molecule is C=C1O[C@@]2(C)[C@@H](CCCl)C(=O)N[C@@]12[C@@H](O)[C@]1(C)C=CCCC1.[HH]. The molecule has 0 radical (unpaired) electrons. The highest BCUT2D eigenvalue weighted by molar-refractivity contribution is 6.18. The van der Waals surface area contributed by atoms with Gasteiger partial charge in [0.05, 0.1) is 12.0 Å². The second-order valence-corrected chi connectivity index (χ2v) is 7.54. The molecule has 2 N–H and O–H groups in total. The lowest BCUT2D eigenvalue weighted by molar-refractivity contribution is -0.211. The first-order valence-corrected chi connectivity index (χ1v) is 8.47. The Labute approximate surface area is 138 Å². The van der Waals surface area contributed by atoms with Crippen LogP contribution in [0.1, 0.15) is 41.0 Å². The number of aliphatic hydroxyl groups is 1. The van der Waals surface area contributed by atoms with Gasteiger partial charge in [-0.25, -0.2) is 0 Å². The summed E-state index contributed by atoms with van der Waals surface area (Å²) < 4.78 is 5.83. The summed E-state index contributed by atoms with van der Waals surface area (Å²) in [4.78, 5) is 12.5. The zero-order valence-corrected chi connectivity index (χ0v) is 13.9. The first-order valence-electron chi connectivity index (χ1n) is 7.94. The van der Waals surface area contributed by atoms with E-state index in [0.29, 0.717) is 18.1 Å². The van der Waals surface area contributed by atoms with E-state index in [1.54, 1.807) is 0 Å². The molecule has 2 saturated heterocycles. The second kappa shape index (κ2) is 5.00. The van der Waals surface area contributed by atoms with Gasteiger partial charge in [-0.3, -0.25) is 4.79 Å². The largest absolute Gasteiger partial charge is 0.486 e. The molecule has 3 aliphatic rings. The van der Waals surface area contributed by atoms with Crippen LogP contribution in [0, 0.1) is 11.3 Å². The van der Waals surface area contributed by atoms with Crippen molar-refractivity contribution in [3.05, 3.63) is 24.5 Å². The lowest BCUT2D eigenvalue weighted by Crippen LogP contribution is -2.76. The van der Waals surface area contributed by atoms with Gasteiger partial charge in [-0.05, 0) is 32.6 Å². The zero-order chi connectivity index (χ0) is 16.2. The fourth-order valence-corrected chi connectivity index (χ4v) is 4.70. The minimum Gasteiger partial charge on any atom is -0.486 e. The maximum Gasteiger partial charge on any atom is 0.228 e. The van der Waals surface area contributed by atoms with E-state index in [-0.39, 0.29) is 13.3 Å². The van der Waals surface area contributed by atoms with Crippen LogP contribution in [0.5, 0.6) is 0 Å². The van der Waals surface area contributed by atoms with E-state index >= 15 is 0 Å². The highest BCUT2D eigenvalue weighted by Crippen LogP contribution is 2.59. The van der Waals surface area contributed by atoms with Gasteiger partial charge in [0.25, 0.3) is 0 Å². The van der Waals surface area contributed by atoms with E-state index in [0.717, 1.165) is 19.3 Å². The molecule has 5 atom stereocenters. The third kappa shape index (κ3) is 1.77. The molecule has 0 spiro atoms. The molecule has 0 aromatic carbocycles. The summed E-state index contributed by atoms with van der Waals surface area (Å²) in [6, 6.07) is 0. The molecule has 3 rings (SSSR count). The van der Waals surface area contributed by atoms with Gasteiger partial charge in [-0.1, -0.05) is 25.7 Å². The standard InChI is InChI=1S/C17H24ClNO3.H2/c1-11-17(14(21)15(2)8-5-4-6-9-15)16(3,22-11)12(7-10-18)13(20)19-17;/h5,8,12,14,21H,1,4,6-7,9-10H2,2-3H3,(H,19,20);1H/t12-,14-,15+,16-,17+;/m0./s1. The number of allylic oxidation sites excluding steroid dienone is 1. The number of amides is 1. The van der Waals surface area contributed by atoms with Crippen LogP contribution < -0.4 is 5.32 Å². The van der Waals surface area contributed by atoms with E-state index < -0.39 is 22.7 Å². The summed E-state index contributed by atoms with van der Waals surface area (Å²) in [5.41, 5.74) is -2.10. The van der Waals surface area contributed by atoms with Crippen LogP contribution in [0.2, 0.25) is 0 Å². The van der Waals surface area contributed by atoms with Crippen molar-refractivity contribution in [2.75, 3.05) is 5.88 Å². The number of hydrogen-bond donors (Lipinski definition) is 2. The minimum atomic E-state index is -0.919. The van der Waals surface area contributed by atoms with E-state index in [9.17, 15) is 9.90 Å². The van der Waals surface area contributed by atoms with Crippen molar-refractivity contribution >= 4 is 17.5 Å². The number of rotatable bonds is 4. The van der Waals surface area contributed by atoms with Gasteiger partial charge in [0.15, 0.2) is 11.1 Å². The summed E-state index contributed by atoms with van der Waals surface area (Å²) in [6.07, 6.45) is 6.88. The molecular weight excluding hydrogens is 302 g/mol. The van der Waals surface area contributed by atoms with Gasteiger partial charge in [-0.15, -0.1) is 11.6 Å². The van der Waals surface area contributed by atoms with Crippen LogP contribution in [0.15, 0.2) is 24.5 Å². The van der Waals surface area contributed by atoms with E-state index in [1.165, 1.54) is 0 Å². The molecule has 0 bridgehead atoms. The monoisotopic (exact) mass is 327 g/mol. The first kappa shape index (κ1) is 15.9. The van der Waals surface area contributed by atoms with Crippen LogP contribution in [0.4, 0.5) is 0 Å². The zero-order valence-electron chi connectivity index (χ0n) is 13.2. The Morgan fingerprint density at radius 3 is 2.91 bits per heavy atom. The molecule has 0 saturated carbocycles. The normalized spacial score (nSPS) is 44.8. The molecule has 4 nitrogen and oxygen atoms in total. The van der Waals surface area contributed by atoms with Gasteiger partial charge >= 0.3 is 0 Å². The summed E-state index contributed by atoms with van der Waals surface area (Å²) in [5.74, 6) is 0.367. The van der Waals surface area contributed by atoms with Crippen LogP contribution in [-0.2, 0) is 9.53 Å². The Balaban J connectivity index is 0.00000192. The second-order valence-electron chi connectivity index (χ2n) is 7.16. The molecule has 1 amide bonds. The number of carbonyl (C=O) groups excluding carboxylic acids is 1. The van der Waals surface area contributed by atoms with Gasteiger partial charge in [0.1, 0.15) is 5.76 Å². The number of nitrogens with one attached hydrogen (secondary N) is 1. The third-order valence-corrected chi connectivity index (χ3v) is 6.10. The maximum absolute atomic E-state index is 12.5. The quantitative estimate of drug-likeness (QED) is 0.616. The number of halogens is 1. The number of carbonyl (C=O) groups is 1. The van der Waals surface area contributed by atoms with Crippen molar-refractivity contribution in [2.45, 2.75) is 56.8 Å². The molecule has 1 aliphatic carbocycles. The minimum absolute atomic E-state index is 0. The molecule has 5 heteroatoms. The molecular formula is C17H26ClNO3. The third-order valence-electron chi connectivity index (χ3n) is 5.88. The number of ether oxygens (including phenoxy) is 1. The highest BCUT2D eigenvalue weighted by atomic mass is 35.5. The van der Waals surface area contributed by atoms with Crippen molar-refractivity contribution in [3.8, 4) is 0 Å². The van der Waals surface area contributed by atoms with Crippen molar-refractivity contribution in [1.82, 2.24) is 5.32 Å². The van der Waals surface area contributed by atoms with Crippen LogP contribution in [-0.4, -0.2) is 34.1 Å². The average molecular weight is 328 g/mol. The molecule has 2 aliphatic heterocycles. The average Bonchev–Trinajstić information content (AvgIpc) is 2.65. The fourth-order valence-electron chi connectivity index (χ4n) is 4.49. The number of aliphatic hydroxyl groups excluding tert-OH is 1. The summed E-state index contributed by atoms with van der Waals surface area (Å²) >= 11 is 5.85. The number of alkyl halides is 1. The molecule has 124 valence electrons. The van der Waals surface area contributed by atoms with Crippen LogP contribution in [0.25, 0.3) is 0 Å². The molecule has 0 aromatic heterocycles. The van der Waals surface area contributed by atoms with Gasteiger partial charge in [0.2, 0.25) is 5.91 Å².